The summed E-state index contributed by atoms with van der Waals surface area (Å²) in [6.45, 7) is 3.64. The third-order valence-electron chi connectivity index (χ3n) is 3.34. The van der Waals surface area contributed by atoms with Gasteiger partial charge in [-0.25, -0.2) is 0 Å². The summed E-state index contributed by atoms with van der Waals surface area (Å²) >= 11 is 0. The van der Waals surface area contributed by atoms with Crippen molar-refractivity contribution < 1.29 is 14.7 Å². The van der Waals surface area contributed by atoms with Crippen LogP contribution in [0, 0.1) is 11.3 Å². The highest BCUT2D eigenvalue weighted by atomic mass is 16.4. The Morgan fingerprint density at radius 1 is 1.33 bits per heavy atom. The molecule has 0 aromatic heterocycles. The Balaban J connectivity index is 2.44. The average Bonchev–Trinajstić information content (AvgIpc) is 2.47. The number of nitrogens with one attached hydrogen (secondary N) is 2. The quantitative estimate of drug-likeness (QED) is 0.709. The Labute approximate surface area is 123 Å². The molecular formula is C15H19N3O3. The number of carboxylic acids is 1. The first kappa shape index (κ1) is 16.7. The molecule has 0 fully saturated rings. The normalized spacial score (nSPS) is 13.0. The van der Waals surface area contributed by atoms with Crippen LogP contribution in [0.1, 0.15) is 32.3 Å². The first-order chi connectivity index (χ1) is 9.91. The predicted molar refractivity (Wildman–Crippen MR) is 78.7 cm³/mol. The maximum absolute atomic E-state index is 11.7. The van der Waals surface area contributed by atoms with Crippen LogP contribution in [0.5, 0.6) is 0 Å². The summed E-state index contributed by atoms with van der Waals surface area (Å²) in [5.41, 5.74) is 0.111. The monoisotopic (exact) mass is 289 g/mol. The van der Waals surface area contributed by atoms with Gasteiger partial charge in [0.05, 0.1) is 11.6 Å². The molecular weight excluding hydrogens is 270 g/mol. The molecule has 1 unspecified atom stereocenters. The minimum Gasteiger partial charge on any atom is -0.480 e. The number of hydrogen-bond acceptors (Lipinski definition) is 4. The van der Waals surface area contributed by atoms with Gasteiger partial charge in [-0.2, -0.15) is 5.26 Å². The van der Waals surface area contributed by atoms with E-state index in [0.717, 1.165) is 0 Å². The standard InChI is InChI=1S/C15H19N3O3/c1-3-15(2,14(20)21)17-9-8-13(19)18-12-6-4-11(10-16)5-7-12/h4-7,17H,3,8-9H2,1-2H3,(H,18,19)(H,20,21). The Hall–Kier alpha value is -2.39. The molecule has 0 heterocycles. The molecule has 3 N–H and O–H groups in total. The largest absolute Gasteiger partial charge is 0.480 e. The van der Waals surface area contributed by atoms with Crippen molar-refractivity contribution in [2.75, 3.05) is 11.9 Å². The number of nitrogens with zero attached hydrogens (tertiary/aromatic N) is 1. The summed E-state index contributed by atoms with van der Waals surface area (Å²) in [6.07, 6.45) is 0.600. The molecule has 0 saturated heterocycles. The highest BCUT2D eigenvalue weighted by molar-refractivity contribution is 5.90. The molecule has 1 atom stereocenters. The second-order valence-electron chi connectivity index (χ2n) is 4.90. The lowest BCUT2D eigenvalue weighted by atomic mass is 9.99. The van der Waals surface area contributed by atoms with Gasteiger partial charge in [0, 0.05) is 18.7 Å². The molecule has 112 valence electrons. The van der Waals surface area contributed by atoms with Crippen molar-refractivity contribution in [2.24, 2.45) is 0 Å². The molecule has 0 radical (unpaired) electrons. The fourth-order valence-corrected chi connectivity index (χ4v) is 1.66. The third kappa shape index (κ3) is 4.89. The highest BCUT2D eigenvalue weighted by Gasteiger charge is 2.30. The van der Waals surface area contributed by atoms with Crippen molar-refractivity contribution in [3.8, 4) is 6.07 Å². The van der Waals surface area contributed by atoms with Gasteiger partial charge in [0.15, 0.2) is 0 Å². The maximum Gasteiger partial charge on any atom is 0.323 e. The van der Waals surface area contributed by atoms with Gasteiger partial charge in [-0.1, -0.05) is 6.92 Å². The van der Waals surface area contributed by atoms with Crippen molar-refractivity contribution in [2.45, 2.75) is 32.2 Å². The van der Waals surface area contributed by atoms with Crippen LogP contribution in [0.15, 0.2) is 24.3 Å². The summed E-state index contributed by atoms with van der Waals surface area (Å²) in [6, 6.07) is 8.53. The molecule has 6 nitrogen and oxygen atoms in total. The van der Waals surface area contributed by atoms with E-state index in [2.05, 4.69) is 10.6 Å². The summed E-state index contributed by atoms with van der Waals surface area (Å²) in [7, 11) is 0. The number of rotatable bonds is 7. The van der Waals surface area contributed by atoms with Crippen LogP contribution in [0.25, 0.3) is 0 Å². The molecule has 0 spiro atoms. The van der Waals surface area contributed by atoms with Gasteiger partial charge < -0.3 is 15.7 Å². The number of hydrogen-bond donors (Lipinski definition) is 3. The molecule has 6 heteroatoms. The zero-order chi connectivity index (χ0) is 15.9. The molecule has 1 rings (SSSR count). The van der Waals surface area contributed by atoms with Gasteiger partial charge in [-0.15, -0.1) is 0 Å². The number of carboxylic acid groups (broad SMARTS) is 1. The van der Waals surface area contributed by atoms with Crippen molar-refractivity contribution in [1.82, 2.24) is 5.32 Å². The summed E-state index contributed by atoms with van der Waals surface area (Å²) in [4.78, 5) is 22.8. The molecule has 0 bridgehead atoms. The van der Waals surface area contributed by atoms with Crippen LogP contribution >= 0.6 is 0 Å². The van der Waals surface area contributed by atoms with E-state index in [4.69, 9.17) is 10.4 Å². The van der Waals surface area contributed by atoms with E-state index in [1.165, 1.54) is 0 Å². The Kier molecular flexibility index (Phi) is 5.88. The molecule has 1 amide bonds. The molecule has 21 heavy (non-hydrogen) atoms. The molecule has 1 aromatic rings. The van der Waals surface area contributed by atoms with Crippen LogP contribution in [0.2, 0.25) is 0 Å². The van der Waals surface area contributed by atoms with Crippen LogP contribution in [-0.4, -0.2) is 29.1 Å². The van der Waals surface area contributed by atoms with Gasteiger partial charge in [0.2, 0.25) is 5.91 Å². The number of carbonyl (C=O) groups excluding carboxylic acids is 1. The first-order valence-electron chi connectivity index (χ1n) is 6.69. The van der Waals surface area contributed by atoms with Crippen molar-refractivity contribution in [3.63, 3.8) is 0 Å². The van der Waals surface area contributed by atoms with E-state index in [-0.39, 0.29) is 18.9 Å². The smallest absolute Gasteiger partial charge is 0.323 e. The van der Waals surface area contributed by atoms with Gasteiger partial charge in [-0.05, 0) is 37.6 Å². The molecule has 0 saturated carbocycles. The molecule has 0 aliphatic heterocycles. The lowest BCUT2D eigenvalue weighted by molar-refractivity contribution is -0.144. The Morgan fingerprint density at radius 2 is 1.95 bits per heavy atom. The summed E-state index contributed by atoms with van der Waals surface area (Å²) in [5, 5.41) is 23.3. The second-order valence-corrected chi connectivity index (χ2v) is 4.90. The van der Waals surface area contributed by atoms with Gasteiger partial charge in [-0.3, -0.25) is 9.59 Å². The Bertz CT molecular complexity index is 548. The number of aliphatic carboxylic acids is 1. The molecule has 1 aromatic carbocycles. The van der Waals surface area contributed by atoms with Crippen molar-refractivity contribution >= 4 is 17.6 Å². The molecule has 0 aliphatic rings. The second kappa shape index (κ2) is 7.41. The van der Waals surface area contributed by atoms with Gasteiger partial charge >= 0.3 is 5.97 Å². The summed E-state index contributed by atoms with van der Waals surface area (Å²) in [5.74, 6) is -1.14. The SMILES string of the molecule is CCC(C)(NCCC(=O)Nc1ccc(C#N)cc1)C(=O)O. The van der Waals surface area contributed by atoms with Crippen LogP contribution in [0.4, 0.5) is 5.69 Å². The molecule has 0 aliphatic carbocycles. The van der Waals surface area contributed by atoms with Crippen LogP contribution in [-0.2, 0) is 9.59 Å². The summed E-state index contributed by atoms with van der Waals surface area (Å²) < 4.78 is 0. The zero-order valence-corrected chi connectivity index (χ0v) is 12.1. The first-order valence-corrected chi connectivity index (χ1v) is 6.69. The topological polar surface area (TPSA) is 102 Å². The van der Waals surface area contributed by atoms with Crippen LogP contribution in [0.3, 0.4) is 0 Å². The van der Waals surface area contributed by atoms with Crippen LogP contribution < -0.4 is 10.6 Å². The van der Waals surface area contributed by atoms with Gasteiger partial charge in [0.1, 0.15) is 5.54 Å². The predicted octanol–water partition coefficient (Wildman–Crippen LogP) is 1.73. The number of carbonyl (C=O) groups is 2. The van der Waals surface area contributed by atoms with Crippen molar-refractivity contribution in [3.05, 3.63) is 29.8 Å². The van der Waals surface area contributed by atoms with E-state index in [1.54, 1.807) is 38.1 Å². The number of amides is 1. The maximum atomic E-state index is 11.7. The van der Waals surface area contributed by atoms with E-state index in [0.29, 0.717) is 17.7 Å². The van der Waals surface area contributed by atoms with Gasteiger partial charge in [0.25, 0.3) is 0 Å². The average molecular weight is 289 g/mol. The number of nitriles is 1. The minimum absolute atomic E-state index is 0.170. The lowest BCUT2D eigenvalue weighted by Gasteiger charge is -2.24. The van der Waals surface area contributed by atoms with E-state index >= 15 is 0 Å². The Morgan fingerprint density at radius 3 is 2.43 bits per heavy atom. The number of anilines is 1. The fourth-order valence-electron chi connectivity index (χ4n) is 1.66. The third-order valence-corrected chi connectivity index (χ3v) is 3.34. The fraction of sp³-hybridized carbons (Fsp3) is 0.400. The van der Waals surface area contributed by atoms with E-state index < -0.39 is 11.5 Å². The van der Waals surface area contributed by atoms with E-state index in [1.807, 2.05) is 6.07 Å². The number of benzene rings is 1. The van der Waals surface area contributed by atoms with E-state index in [9.17, 15) is 9.59 Å². The highest BCUT2D eigenvalue weighted by Crippen LogP contribution is 2.10. The van der Waals surface area contributed by atoms with Crippen molar-refractivity contribution in [1.29, 1.82) is 5.26 Å². The zero-order valence-electron chi connectivity index (χ0n) is 12.1. The lowest BCUT2D eigenvalue weighted by Crippen LogP contribution is -2.49. The minimum atomic E-state index is -1.02.